The Bertz CT molecular complexity index is 338. The Labute approximate surface area is 154 Å². The van der Waals surface area contributed by atoms with Gasteiger partial charge >= 0.3 is 0 Å². The highest BCUT2D eigenvalue weighted by Gasteiger charge is 2.39. The van der Waals surface area contributed by atoms with E-state index in [1.54, 1.807) is 0 Å². The van der Waals surface area contributed by atoms with E-state index in [2.05, 4.69) is 36.1 Å². The van der Waals surface area contributed by atoms with E-state index >= 15 is 0 Å². The van der Waals surface area contributed by atoms with Crippen molar-refractivity contribution in [3.63, 3.8) is 0 Å². The molecule has 1 aliphatic heterocycles. The smallest absolute Gasteiger partial charge is 0.193 e. The van der Waals surface area contributed by atoms with Crippen molar-refractivity contribution in [2.24, 2.45) is 10.4 Å². The van der Waals surface area contributed by atoms with Gasteiger partial charge in [0.05, 0.1) is 0 Å². The van der Waals surface area contributed by atoms with Crippen LogP contribution in [0.2, 0.25) is 0 Å². The van der Waals surface area contributed by atoms with Crippen LogP contribution in [0.15, 0.2) is 4.99 Å². The van der Waals surface area contributed by atoms with E-state index in [9.17, 15) is 0 Å². The van der Waals surface area contributed by atoms with Crippen LogP contribution in [0.3, 0.4) is 0 Å². The number of hydrogen-bond donors (Lipinski definition) is 1. The molecule has 1 saturated heterocycles. The summed E-state index contributed by atoms with van der Waals surface area (Å²) in [7, 11) is 4.25. The second-order valence-corrected chi connectivity index (χ2v) is 7.12. The number of halogens is 1. The predicted octanol–water partition coefficient (Wildman–Crippen LogP) is 3.18. The van der Waals surface area contributed by atoms with E-state index in [4.69, 9.17) is 4.99 Å². The average molecular weight is 422 g/mol. The molecule has 0 bridgehead atoms. The van der Waals surface area contributed by atoms with E-state index in [0.717, 1.165) is 32.0 Å². The minimum absolute atomic E-state index is 0. The molecule has 0 unspecified atom stereocenters. The standard InChI is InChI=1S/C17H34N4.HI/c1-4-18-16(19-12-8-13-20(2)3)21-14-11-17(15-21)9-6-5-7-10-17;/h4-15H2,1-3H3,(H,18,19);1H. The van der Waals surface area contributed by atoms with Crippen LogP contribution in [-0.4, -0.2) is 62.6 Å². The molecular formula is C17H35IN4. The van der Waals surface area contributed by atoms with Crippen LogP contribution in [0.4, 0.5) is 0 Å². The quantitative estimate of drug-likeness (QED) is 0.320. The normalized spacial score (nSPS) is 21.3. The molecule has 0 amide bonds. The molecule has 0 aromatic rings. The van der Waals surface area contributed by atoms with Crippen molar-refractivity contribution in [2.45, 2.75) is 51.9 Å². The maximum absolute atomic E-state index is 4.85. The molecule has 5 heteroatoms. The van der Waals surface area contributed by atoms with Gasteiger partial charge in [-0.05, 0) is 58.7 Å². The van der Waals surface area contributed by atoms with Gasteiger partial charge in [-0.2, -0.15) is 0 Å². The Morgan fingerprint density at radius 2 is 1.91 bits per heavy atom. The third-order valence-electron chi connectivity index (χ3n) is 5.01. The first-order valence-electron chi connectivity index (χ1n) is 8.83. The lowest BCUT2D eigenvalue weighted by Gasteiger charge is -2.33. The lowest BCUT2D eigenvalue weighted by molar-refractivity contribution is 0.203. The topological polar surface area (TPSA) is 30.9 Å². The summed E-state index contributed by atoms with van der Waals surface area (Å²) in [5.41, 5.74) is 0.609. The summed E-state index contributed by atoms with van der Waals surface area (Å²) in [5.74, 6) is 1.15. The maximum atomic E-state index is 4.85. The van der Waals surface area contributed by atoms with Gasteiger partial charge in [0, 0.05) is 26.2 Å². The Kier molecular flexibility index (Phi) is 9.05. The number of likely N-dealkylation sites (tertiary alicyclic amines) is 1. The first-order chi connectivity index (χ1) is 10.2. The van der Waals surface area contributed by atoms with Crippen molar-refractivity contribution in [3.05, 3.63) is 0 Å². The monoisotopic (exact) mass is 422 g/mol. The lowest BCUT2D eigenvalue weighted by Crippen LogP contribution is -2.41. The van der Waals surface area contributed by atoms with Gasteiger partial charge < -0.3 is 15.1 Å². The summed E-state index contributed by atoms with van der Waals surface area (Å²) in [5, 5.41) is 3.50. The van der Waals surface area contributed by atoms with E-state index in [0.29, 0.717) is 5.41 Å². The van der Waals surface area contributed by atoms with Crippen molar-refractivity contribution >= 4 is 29.9 Å². The summed E-state index contributed by atoms with van der Waals surface area (Å²) in [6.07, 6.45) is 9.69. The predicted molar refractivity (Wildman–Crippen MR) is 106 cm³/mol. The minimum Gasteiger partial charge on any atom is -0.357 e. The van der Waals surface area contributed by atoms with E-state index < -0.39 is 0 Å². The van der Waals surface area contributed by atoms with Crippen LogP contribution in [0.1, 0.15) is 51.9 Å². The molecule has 1 saturated carbocycles. The zero-order valence-electron chi connectivity index (χ0n) is 14.7. The second kappa shape index (κ2) is 9.96. The average Bonchev–Trinajstić information content (AvgIpc) is 2.86. The van der Waals surface area contributed by atoms with Gasteiger partial charge in [0.25, 0.3) is 0 Å². The molecule has 2 fully saturated rings. The van der Waals surface area contributed by atoms with Crippen molar-refractivity contribution in [2.75, 3.05) is 46.8 Å². The van der Waals surface area contributed by atoms with E-state index in [1.165, 1.54) is 51.6 Å². The zero-order valence-corrected chi connectivity index (χ0v) is 17.1. The molecule has 1 aliphatic carbocycles. The fourth-order valence-electron chi connectivity index (χ4n) is 3.82. The fourth-order valence-corrected chi connectivity index (χ4v) is 3.82. The molecule has 0 aromatic carbocycles. The van der Waals surface area contributed by atoms with E-state index in [-0.39, 0.29) is 24.0 Å². The SMILES string of the molecule is CCNC(=NCCCN(C)C)N1CCC2(CCCCC2)C1.I. The highest BCUT2D eigenvalue weighted by molar-refractivity contribution is 14.0. The Morgan fingerprint density at radius 3 is 2.55 bits per heavy atom. The Balaban J connectivity index is 0.00000242. The molecule has 2 aliphatic rings. The molecule has 1 spiro atoms. The third kappa shape index (κ3) is 5.87. The Hall–Kier alpha value is -0.0400. The van der Waals surface area contributed by atoms with Crippen molar-refractivity contribution in [1.29, 1.82) is 0 Å². The third-order valence-corrected chi connectivity index (χ3v) is 5.01. The molecule has 0 aromatic heterocycles. The van der Waals surface area contributed by atoms with Crippen molar-refractivity contribution in [1.82, 2.24) is 15.1 Å². The largest absolute Gasteiger partial charge is 0.357 e. The molecule has 0 atom stereocenters. The summed E-state index contributed by atoms with van der Waals surface area (Å²) in [6.45, 7) is 7.61. The molecular weight excluding hydrogens is 387 g/mol. The van der Waals surface area contributed by atoms with Crippen molar-refractivity contribution in [3.8, 4) is 0 Å². The molecule has 0 radical (unpaired) electrons. The van der Waals surface area contributed by atoms with Gasteiger partial charge in [-0.15, -0.1) is 24.0 Å². The maximum Gasteiger partial charge on any atom is 0.193 e. The number of nitrogens with one attached hydrogen (secondary N) is 1. The van der Waals surface area contributed by atoms with Crippen LogP contribution in [0, 0.1) is 5.41 Å². The van der Waals surface area contributed by atoms with Crippen molar-refractivity contribution < 1.29 is 0 Å². The summed E-state index contributed by atoms with van der Waals surface area (Å²) in [6, 6.07) is 0. The molecule has 130 valence electrons. The number of nitrogens with zero attached hydrogens (tertiary/aromatic N) is 3. The minimum atomic E-state index is 0. The number of hydrogen-bond acceptors (Lipinski definition) is 2. The first kappa shape index (κ1) is 20.0. The molecule has 4 nitrogen and oxygen atoms in total. The van der Waals surface area contributed by atoms with Gasteiger partial charge in [0.15, 0.2) is 5.96 Å². The molecule has 22 heavy (non-hydrogen) atoms. The summed E-state index contributed by atoms with van der Waals surface area (Å²) in [4.78, 5) is 9.60. The highest BCUT2D eigenvalue weighted by Crippen LogP contribution is 2.43. The van der Waals surface area contributed by atoms with Gasteiger partial charge in [-0.3, -0.25) is 4.99 Å². The number of aliphatic imine (C=N–C) groups is 1. The van der Waals surface area contributed by atoms with Gasteiger partial charge in [0.1, 0.15) is 0 Å². The van der Waals surface area contributed by atoms with Crippen LogP contribution in [0.25, 0.3) is 0 Å². The number of rotatable bonds is 5. The number of guanidine groups is 1. The van der Waals surface area contributed by atoms with Gasteiger partial charge in [-0.25, -0.2) is 0 Å². The lowest BCUT2D eigenvalue weighted by atomic mass is 9.73. The van der Waals surface area contributed by atoms with E-state index in [1.807, 2.05) is 0 Å². The van der Waals surface area contributed by atoms with Crippen LogP contribution in [0.5, 0.6) is 0 Å². The van der Waals surface area contributed by atoms with Gasteiger partial charge in [0.2, 0.25) is 0 Å². The van der Waals surface area contributed by atoms with Crippen LogP contribution >= 0.6 is 24.0 Å². The zero-order chi connectivity index (χ0) is 15.1. The first-order valence-corrected chi connectivity index (χ1v) is 8.83. The van der Waals surface area contributed by atoms with Gasteiger partial charge in [-0.1, -0.05) is 19.3 Å². The van der Waals surface area contributed by atoms with Crippen LogP contribution < -0.4 is 5.32 Å². The molecule has 1 N–H and O–H groups in total. The Morgan fingerprint density at radius 1 is 1.18 bits per heavy atom. The molecule has 1 heterocycles. The highest BCUT2D eigenvalue weighted by atomic mass is 127. The summed E-state index contributed by atoms with van der Waals surface area (Å²) >= 11 is 0. The van der Waals surface area contributed by atoms with Crippen LogP contribution in [-0.2, 0) is 0 Å². The fraction of sp³-hybridized carbons (Fsp3) is 0.941. The second-order valence-electron chi connectivity index (χ2n) is 7.12. The summed E-state index contributed by atoms with van der Waals surface area (Å²) < 4.78 is 0. The molecule has 2 rings (SSSR count).